The molecule has 1 amide bonds. The van der Waals surface area contributed by atoms with Crippen LogP contribution < -0.4 is 14.2 Å². The Morgan fingerprint density at radius 3 is 2.35 bits per heavy atom. The summed E-state index contributed by atoms with van der Waals surface area (Å²) >= 11 is 0. The fourth-order valence-electron chi connectivity index (χ4n) is 3.81. The fraction of sp³-hybridized carbons (Fsp3) is 0.308. The van der Waals surface area contributed by atoms with Crippen molar-refractivity contribution in [2.24, 2.45) is 0 Å². The van der Waals surface area contributed by atoms with Gasteiger partial charge in [0.05, 0.1) is 25.8 Å². The van der Waals surface area contributed by atoms with Gasteiger partial charge in [0.15, 0.2) is 0 Å². The molecule has 1 N–H and O–H groups in total. The average Bonchev–Trinajstić information content (AvgIpc) is 3.10. The molecular weight excluding hydrogens is 436 g/mol. The molecule has 0 aromatic heterocycles. The number of aliphatic hydroxyl groups is 1. The summed E-state index contributed by atoms with van der Waals surface area (Å²) in [4.78, 5) is 29.7. The Morgan fingerprint density at radius 2 is 1.76 bits per heavy atom. The SMILES string of the molecule is C=CCOc1ccc(C(O)=C2C(=O)C(=O)N(CCN(C)C)[C@@H]2c2cc(OC)ccc2OC)cc1. The van der Waals surface area contributed by atoms with Gasteiger partial charge in [0.2, 0.25) is 0 Å². The standard InChI is InChI=1S/C26H30N2O6/c1-6-15-34-18-9-7-17(8-10-18)24(29)22-23(20-16-19(32-4)11-12-21(20)33-5)28(14-13-27(2)3)26(31)25(22)30/h6-12,16,23,29H,1,13-15H2,2-5H3/t23-/m1/s1. The number of carbonyl (C=O) groups excluding carboxylic acids is 2. The molecule has 180 valence electrons. The number of amides is 1. The van der Waals surface area contributed by atoms with Gasteiger partial charge in [0.1, 0.15) is 29.6 Å². The summed E-state index contributed by atoms with van der Waals surface area (Å²) in [7, 11) is 6.81. The summed E-state index contributed by atoms with van der Waals surface area (Å²) < 4.78 is 16.4. The van der Waals surface area contributed by atoms with E-state index in [1.54, 1.807) is 48.5 Å². The highest BCUT2D eigenvalue weighted by Crippen LogP contribution is 2.43. The first-order valence-corrected chi connectivity index (χ1v) is 10.8. The van der Waals surface area contributed by atoms with Gasteiger partial charge in [-0.25, -0.2) is 0 Å². The third kappa shape index (κ3) is 5.07. The highest BCUT2D eigenvalue weighted by Gasteiger charge is 2.47. The lowest BCUT2D eigenvalue weighted by molar-refractivity contribution is -0.140. The second-order valence-corrected chi connectivity index (χ2v) is 8.03. The Bertz CT molecular complexity index is 1090. The number of benzene rings is 2. The summed E-state index contributed by atoms with van der Waals surface area (Å²) in [5.74, 6) is -0.0913. The van der Waals surface area contributed by atoms with E-state index >= 15 is 0 Å². The second kappa shape index (κ2) is 10.9. The van der Waals surface area contributed by atoms with E-state index < -0.39 is 17.7 Å². The maximum absolute atomic E-state index is 13.2. The molecule has 1 atom stereocenters. The van der Waals surface area contributed by atoms with Crippen LogP contribution in [0.5, 0.6) is 17.2 Å². The van der Waals surface area contributed by atoms with Crippen molar-refractivity contribution in [2.45, 2.75) is 6.04 Å². The van der Waals surface area contributed by atoms with E-state index in [-0.39, 0.29) is 17.9 Å². The first-order valence-electron chi connectivity index (χ1n) is 10.8. The molecule has 2 aromatic rings. The normalized spacial score (nSPS) is 17.2. The molecule has 0 radical (unpaired) electrons. The predicted octanol–water partition coefficient (Wildman–Crippen LogP) is 3.25. The van der Waals surface area contributed by atoms with Crippen LogP contribution in [0.3, 0.4) is 0 Å². The average molecular weight is 467 g/mol. The Labute approximate surface area is 199 Å². The third-order valence-electron chi connectivity index (χ3n) is 5.56. The molecule has 1 saturated heterocycles. The van der Waals surface area contributed by atoms with Crippen molar-refractivity contribution in [2.75, 3.05) is 48.0 Å². The van der Waals surface area contributed by atoms with Crippen molar-refractivity contribution < 1.29 is 28.9 Å². The number of Topliss-reactive ketones (excluding diaryl/α,β-unsaturated/α-hetero) is 1. The van der Waals surface area contributed by atoms with E-state index in [1.165, 1.54) is 19.1 Å². The van der Waals surface area contributed by atoms with Crippen LogP contribution in [-0.4, -0.2) is 74.6 Å². The first-order chi connectivity index (χ1) is 16.3. The van der Waals surface area contributed by atoms with Crippen molar-refractivity contribution in [1.82, 2.24) is 9.80 Å². The van der Waals surface area contributed by atoms with Gasteiger partial charge in [-0.05, 0) is 56.6 Å². The monoisotopic (exact) mass is 466 g/mol. The quantitative estimate of drug-likeness (QED) is 0.249. The highest BCUT2D eigenvalue weighted by molar-refractivity contribution is 6.46. The van der Waals surface area contributed by atoms with Crippen LogP contribution >= 0.6 is 0 Å². The number of hydrogen-bond donors (Lipinski definition) is 1. The summed E-state index contributed by atoms with van der Waals surface area (Å²) in [6.07, 6.45) is 1.63. The van der Waals surface area contributed by atoms with Crippen LogP contribution in [0.4, 0.5) is 0 Å². The molecule has 8 heteroatoms. The fourth-order valence-corrected chi connectivity index (χ4v) is 3.81. The van der Waals surface area contributed by atoms with Crippen molar-refractivity contribution in [3.63, 3.8) is 0 Å². The molecule has 0 saturated carbocycles. The van der Waals surface area contributed by atoms with Crippen molar-refractivity contribution >= 4 is 17.4 Å². The number of rotatable bonds is 10. The molecule has 0 spiro atoms. The Kier molecular flexibility index (Phi) is 7.96. The second-order valence-electron chi connectivity index (χ2n) is 8.03. The first kappa shape index (κ1) is 24.9. The van der Waals surface area contributed by atoms with Gasteiger partial charge in [-0.2, -0.15) is 0 Å². The van der Waals surface area contributed by atoms with Crippen LogP contribution in [0, 0.1) is 0 Å². The van der Waals surface area contributed by atoms with Crippen molar-refractivity contribution in [1.29, 1.82) is 0 Å². The number of likely N-dealkylation sites (tertiary alicyclic amines) is 1. The molecule has 1 aliphatic heterocycles. The lowest BCUT2D eigenvalue weighted by Gasteiger charge is -2.28. The molecule has 0 aliphatic carbocycles. The van der Waals surface area contributed by atoms with Crippen LogP contribution in [0.25, 0.3) is 5.76 Å². The number of methoxy groups -OCH3 is 2. The predicted molar refractivity (Wildman–Crippen MR) is 129 cm³/mol. The third-order valence-corrected chi connectivity index (χ3v) is 5.56. The number of nitrogens with zero attached hydrogens (tertiary/aromatic N) is 2. The van der Waals surface area contributed by atoms with Gasteiger partial charge < -0.3 is 29.1 Å². The van der Waals surface area contributed by atoms with E-state index in [2.05, 4.69) is 6.58 Å². The van der Waals surface area contributed by atoms with Gasteiger partial charge in [0.25, 0.3) is 11.7 Å². The van der Waals surface area contributed by atoms with Crippen molar-refractivity contribution in [3.05, 3.63) is 71.8 Å². The van der Waals surface area contributed by atoms with Crippen molar-refractivity contribution in [3.8, 4) is 17.2 Å². The van der Waals surface area contributed by atoms with Gasteiger partial charge in [-0.3, -0.25) is 9.59 Å². The number of carbonyl (C=O) groups is 2. The lowest BCUT2D eigenvalue weighted by atomic mass is 9.94. The Morgan fingerprint density at radius 1 is 1.09 bits per heavy atom. The van der Waals surface area contributed by atoms with Gasteiger partial charge in [-0.15, -0.1) is 0 Å². The van der Waals surface area contributed by atoms with E-state index in [9.17, 15) is 14.7 Å². The highest BCUT2D eigenvalue weighted by atomic mass is 16.5. The van der Waals surface area contributed by atoms with Crippen LogP contribution in [0.2, 0.25) is 0 Å². The molecule has 1 fully saturated rings. The van der Waals surface area contributed by atoms with Gasteiger partial charge in [-0.1, -0.05) is 12.7 Å². The molecule has 1 heterocycles. The molecular formula is C26H30N2O6. The zero-order chi connectivity index (χ0) is 24.8. The zero-order valence-corrected chi connectivity index (χ0v) is 19.9. The van der Waals surface area contributed by atoms with Crippen LogP contribution in [0.1, 0.15) is 17.2 Å². The Hall–Kier alpha value is -3.78. The zero-order valence-electron chi connectivity index (χ0n) is 19.9. The maximum Gasteiger partial charge on any atom is 0.295 e. The molecule has 34 heavy (non-hydrogen) atoms. The topological polar surface area (TPSA) is 88.5 Å². The number of ether oxygens (including phenoxy) is 3. The number of hydrogen-bond acceptors (Lipinski definition) is 7. The smallest absolute Gasteiger partial charge is 0.295 e. The summed E-state index contributed by atoms with van der Waals surface area (Å²) in [6, 6.07) is 11.0. The molecule has 0 unspecified atom stereocenters. The Balaban J connectivity index is 2.16. The summed E-state index contributed by atoms with van der Waals surface area (Å²) in [5.41, 5.74) is 0.936. The van der Waals surface area contributed by atoms with E-state index in [0.717, 1.165) is 0 Å². The van der Waals surface area contributed by atoms with Gasteiger partial charge >= 0.3 is 0 Å². The molecule has 3 rings (SSSR count). The lowest BCUT2D eigenvalue weighted by Crippen LogP contribution is -2.35. The summed E-state index contributed by atoms with van der Waals surface area (Å²) in [6.45, 7) is 4.78. The molecule has 2 aromatic carbocycles. The number of aliphatic hydroxyl groups excluding tert-OH is 1. The molecule has 1 aliphatic rings. The number of likely N-dealkylation sites (N-methyl/N-ethyl adjacent to an activating group) is 1. The maximum atomic E-state index is 13.2. The minimum atomic E-state index is -0.846. The van der Waals surface area contributed by atoms with Crippen LogP contribution in [-0.2, 0) is 9.59 Å². The summed E-state index contributed by atoms with van der Waals surface area (Å²) in [5, 5.41) is 11.2. The number of ketones is 1. The molecule has 0 bridgehead atoms. The minimum absolute atomic E-state index is 0.00457. The largest absolute Gasteiger partial charge is 0.507 e. The van der Waals surface area contributed by atoms with E-state index in [1.807, 2.05) is 19.0 Å². The molecule has 8 nitrogen and oxygen atoms in total. The van der Waals surface area contributed by atoms with Gasteiger partial charge in [0, 0.05) is 24.2 Å². The minimum Gasteiger partial charge on any atom is -0.507 e. The van der Waals surface area contributed by atoms with E-state index in [0.29, 0.717) is 41.5 Å². The van der Waals surface area contributed by atoms with E-state index in [4.69, 9.17) is 14.2 Å². The van der Waals surface area contributed by atoms with Crippen LogP contribution in [0.15, 0.2) is 60.7 Å².